The summed E-state index contributed by atoms with van der Waals surface area (Å²) in [5.41, 5.74) is 2.17. The molecule has 0 spiro atoms. The maximum absolute atomic E-state index is 11.5. The van der Waals surface area contributed by atoms with Crippen LogP contribution in [0.4, 0.5) is 5.69 Å². The van der Waals surface area contributed by atoms with Crippen LogP contribution in [0.5, 0.6) is 0 Å². The monoisotopic (exact) mass is 324 g/mol. The van der Waals surface area contributed by atoms with Crippen LogP contribution in [-0.4, -0.2) is 25.6 Å². The number of imidazole rings is 1. The first kappa shape index (κ1) is 13.9. The number of aldehydes is 1. The number of oxazole rings is 1. The second-order valence-corrected chi connectivity index (χ2v) is 5.06. The van der Waals surface area contributed by atoms with E-state index in [4.69, 9.17) is 4.42 Å². The number of H-pyrrole nitrogens is 1. The Labute approximate surface area is 132 Å². The average molecular weight is 324 g/mol. The summed E-state index contributed by atoms with van der Waals surface area (Å²) in [6, 6.07) is 7.67. The number of hydrogen-bond donors (Lipinski definition) is 1. The number of nitrogens with one attached hydrogen (secondary N) is 1. The highest BCUT2D eigenvalue weighted by molar-refractivity contribution is 5.89. The highest BCUT2D eigenvalue weighted by Gasteiger charge is 2.17. The molecule has 0 aliphatic carbocycles. The zero-order chi connectivity index (χ0) is 16.8. The first-order chi connectivity index (χ1) is 11.6. The van der Waals surface area contributed by atoms with Crippen LogP contribution in [0.25, 0.3) is 28.0 Å². The fourth-order valence-corrected chi connectivity index (χ4v) is 2.58. The van der Waals surface area contributed by atoms with E-state index < -0.39 is 10.7 Å². The van der Waals surface area contributed by atoms with E-state index in [1.165, 1.54) is 22.7 Å². The Bertz CT molecular complexity index is 1180. The van der Waals surface area contributed by atoms with Gasteiger partial charge in [0, 0.05) is 11.6 Å². The lowest BCUT2D eigenvalue weighted by Gasteiger charge is -1.98. The lowest BCUT2D eigenvalue weighted by atomic mass is 10.1. The van der Waals surface area contributed by atoms with Crippen molar-refractivity contribution in [3.8, 4) is 11.3 Å². The van der Waals surface area contributed by atoms with Crippen molar-refractivity contribution in [3.05, 3.63) is 62.9 Å². The minimum absolute atomic E-state index is 0.151. The van der Waals surface area contributed by atoms with Crippen LogP contribution in [0, 0.1) is 10.1 Å². The van der Waals surface area contributed by atoms with E-state index in [9.17, 15) is 19.7 Å². The van der Waals surface area contributed by atoms with Gasteiger partial charge >= 0.3 is 5.76 Å². The molecule has 118 valence electrons. The molecular weight excluding hydrogens is 316 g/mol. The van der Waals surface area contributed by atoms with Crippen LogP contribution >= 0.6 is 0 Å². The number of carbonyl (C=O) groups is 1. The number of benzene rings is 1. The molecule has 4 rings (SSSR count). The van der Waals surface area contributed by atoms with Crippen LogP contribution in [0.2, 0.25) is 0 Å². The highest BCUT2D eigenvalue weighted by Crippen LogP contribution is 2.27. The van der Waals surface area contributed by atoms with E-state index in [1.807, 2.05) is 0 Å². The van der Waals surface area contributed by atoms with Gasteiger partial charge in [0.15, 0.2) is 11.9 Å². The zero-order valence-electron chi connectivity index (χ0n) is 11.9. The molecule has 3 heterocycles. The molecule has 0 amide bonds. The van der Waals surface area contributed by atoms with Gasteiger partial charge in [0.25, 0.3) is 5.69 Å². The summed E-state index contributed by atoms with van der Waals surface area (Å²) in [6.45, 7) is 0. The fraction of sp³-hybridized carbons (Fsp3) is 0. The van der Waals surface area contributed by atoms with Gasteiger partial charge in [-0.3, -0.25) is 24.3 Å². The first-order valence-electron chi connectivity index (χ1n) is 6.82. The fourth-order valence-electron chi connectivity index (χ4n) is 2.58. The van der Waals surface area contributed by atoms with E-state index in [2.05, 4.69) is 9.97 Å². The maximum atomic E-state index is 11.5. The smallest absolute Gasteiger partial charge is 0.408 e. The average Bonchev–Trinajstić information content (AvgIpc) is 3.11. The van der Waals surface area contributed by atoms with Crippen molar-refractivity contribution < 1.29 is 14.1 Å². The lowest BCUT2D eigenvalue weighted by Crippen LogP contribution is -1.95. The molecule has 4 aromatic rings. The summed E-state index contributed by atoms with van der Waals surface area (Å²) in [5, 5.41) is 10.9. The first-order valence-corrected chi connectivity index (χ1v) is 6.82. The molecule has 3 aromatic heterocycles. The van der Waals surface area contributed by atoms with Crippen molar-refractivity contribution in [2.24, 2.45) is 0 Å². The van der Waals surface area contributed by atoms with Gasteiger partial charge in [-0.25, -0.2) is 9.78 Å². The van der Waals surface area contributed by atoms with Gasteiger partial charge in [-0.15, -0.1) is 0 Å². The third kappa shape index (κ3) is 1.99. The Kier molecular flexibility index (Phi) is 2.82. The molecule has 0 atom stereocenters. The van der Waals surface area contributed by atoms with Crippen molar-refractivity contribution in [1.82, 2.24) is 14.4 Å². The van der Waals surface area contributed by atoms with Crippen LogP contribution in [0.3, 0.4) is 0 Å². The van der Waals surface area contributed by atoms with Gasteiger partial charge in [-0.05, 0) is 18.2 Å². The van der Waals surface area contributed by atoms with Gasteiger partial charge in [-0.1, -0.05) is 6.07 Å². The molecular formula is C15H8N4O5. The third-order valence-electron chi connectivity index (χ3n) is 3.66. The van der Waals surface area contributed by atoms with E-state index in [0.29, 0.717) is 34.3 Å². The van der Waals surface area contributed by atoms with E-state index in [1.54, 1.807) is 18.2 Å². The number of aromatic nitrogens is 3. The van der Waals surface area contributed by atoms with E-state index in [-0.39, 0.29) is 11.4 Å². The van der Waals surface area contributed by atoms with Crippen LogP contribution in [0.15, 0.2) is 45.7 Å². The van der Waals surface area contributed by atoms with Crippen molar-refractivity contribution in [3.63, 3.8) is 0 Å². The number of nitro groups is 1. The summed E-state index contributed by atoms with van der Waals surface area (Å²) in [7, 11) is 0. The normalized spacial score (nSPS) is 11.2. The Hall–Kier alpha value is -3.75. The summed E-state index contributed by atoms with van der Waals surface area (Å²) < 4.78 is 6.36. The number of hydrogen-bond acceptors (Lipinski definition) is 6. The largest absolute Gasteiger partial charge is 0.417 e. The predicted molar refractivity (Wildman–Crippen MR) is 83.1 cm³/mol. The SMILES string of the molecule is O=Cc1c(-c2ccc3[nH]c(=O)oc3c2)nc2ccc([N+](=O)[O-])cn12. The van der Waals surface area contributed by atoms with Crippen LogP contribution < -0.4 is 5.76 Å². The third-order valence-corrected chi connectivity index (χ3v) is 3.66. The molecule has 9 heteroatoms. The van der Waals surface area contributed by atoms with E-state index in [0.717, 1.165) is 0 Å². The maximum Gasteiger partial charge on any atom is 0.417 e. The molecule has 0 saturated carbocycles. The molecule has 0 bridgehead atoms. The summed E-state index contributed by atoms with van der Waals surface area (Å²) in [5.74, 6) is -0.580. The topological polar surface area (TPSA) is 124 Å². The zero-order valence-corrected chi connectivity index (χ0v) is 11.9. The number of fused-ring (bicyclic) bond motifs is 2. The molecule has 1 N–H and O–H groups in total. The Morgan fingerprint density at radius 2 is 2.12 bits per heavy atom. The lowest BCUT2D eigenvalue weighted by molar-refractivity contribution is -0.385. The molecule has 24 heavy (non-hydrogen) atoms. The molecule has 0 saturated heterocycles. The van der Waals surface area contributed by atoms with E-state index >= 15 is 0 Å². The second kappa shape index (κ2) is 4.88. The van der Waals surface area contributed by atoms with Crippen molar-refractivity contribution in [2.75, 3.05) is 0 Å². The molecule has 0 fully saturated rings. The summed E-state index contributed by atoms with van der Waals surface area (Å²) >= 11 is 0. The Morgan fingerprint density at radius 1 is 1.29 bits per heavy atom. The molecule has 9 nitrogen and oxygen atoms in total. The Balaban J connectivity index is 1.98. The van der Waals surface area contributed by atoms with Crippen molar-refractivity contribution in [2.45, 2.75) is 0 Å². The number of carbonyl (C=O) groups excluding carboxylic acids is 1. The second-order valence-electron chi connectivity index (χ2n) is 5.06. The van der Waals surface area contributed by atoms with Gasteiger partial charge in [-0.2, -0.15) is 0 Å². The number of pyridine rings is 1. The van der Waals surface area contributed by atoms with Crippen molar-refractivity contribution in [1.29, 1.82) is 0 Å². The van der Waals surface area contributed by atoms with Gasteiger partial charge in [0.1, 0.15) is 17.0 Å². The quantitative estimate of drug-likeness (QED) is 0.350. The molecule has 0 aliphatic rings. The van der Waals surface area contributed by atoms with Crippen molar-refractivity contribution >= 4 is 28.7 Å². The molecule has 0 aliphatic heterocycles. The van der Waals surface area contributed by atoms with Gasteiger partial charge in [0.05, 0.1) is 16.6 Å². The van der Waals surface area contributed by atoms with Crippen LogP contribution in [-0.2, 0) is 0 Å². The minimum atomic E-state index is -0.580. The van der Waals surface area contributed by atoms with Gasteiger partial charge < -0.3 is 4.42 Å². The minimum Gasteiger partial charge on any atom is -0.408 e. The summed E-state index contributed by atoms with van der Waals surface area (Å²) in [6.07, 6.45) is 1.82. The van der Waals surface area contributed by atoms with Gasteiger partial charge in [0.2, 0.25) is 0 Å². The molecule has 0 radical (unpaired) electrons. The van der Waals surface area contributed by atoms with Crippen LogP contribution in [0.1, 0.15) is 10.5 Å². The number of nitrogens with zero attached hydrogens (tertiary/aromatic N) is 3. The number of aromatic amines is 1. The predicted octanol–water partition coefficient (Wildman–Crippen LogP) is 2.16. The molecule has 1 aromatic carbocycles. The number of rotatable bonds is 3. The summed E-state index contributed by atoms with van der Waals surface area (Å²) in [4.78, 5) is 40.0. The standard InChI is InChI=1S/C15H8N4O5/c20-7-11-14(8-1-3-10-12(5-8)24-15(21)16-10)17-13-4-2-9(19(22)23)6-18(11)13/h1-7H,(H,16,21). The highest BCUT2D eigenvalue weighted by atomic mass is 16.6. The molecule has 0 unspecified atom stereocenters. The Morgan fingerprint density at radius 3 is 2.88 bits per heavy atom.